The zero-order chi connectivity index (χ0) is 13.7. The summed E-state index contributed by atoms with van der Waals surface area (Å²) < 4.78 is 0. The Bertz CT molecular complexity index is 282. The molecular formula is C12H20Br2N2O2. The Kier molecular flexibility index (Phi) is 6.63. The number of alkyl halides is 2. The second-order valence-electron chi connectivity index (χ2n) is 4.67. The lowest BCUT2D eigenvalue weighted by molar-refractivity contribution is -0.145. The fourth-order valence-electron chi connectivity index (χ4n) is 2.27. The predicted octanol–water partition coefficient (Wildman–Crippen LogP) is 2.00. The molecule has 2 amide bonds. The van der Waals surface area contributed by atoms with Crippen LogP contribution in [0.15, 0.2) is 0 Å². The van der Waals surface area contributed by atoms with E-state index >= 15 is 0 Å². The molecule has 1 rings (SSSR count). The maximum atomic E-state index is 11.9. The van der Waals surface area contributed by atoms with Crippen LogP contribution >= 0.6 is 31.9 Å². The quantitative estimate of drug-likeness (QED) is 0.696. The van der Waals surface area contributed by atoms with Gasteiger partial charge >= 0.3 is 0 Å². The third-order valence-corrected chi connectivity index (χ3v) is 4.04. The van der Waals surface area contributed by atoms with Gasteiger partial charge in [-0.2, -0.15) is 0 Å². The largest absolute Gasteiger partial charge is 0.336 e. The smallest absolute Gasteiger partial charge is 0.223 e. The summed E-state index contributed by atoms with van der Waals surface area (Å²) in [5.41, 5.74) is 0. The van der Waals surface area contributed by atoms with Gasteiger partial charge in [-0.1, -0.05) is 31.9 Å². The molecule has 1 fully saturated rings. The molecule has 18 heavy (non-hydrogen) atoms. The average Bonchev–Trinajstić information content (AvgIpc) is 2.32. The van der Waals surface area contributed by atoms with Crippen LogP contribution in [0, 0.1) is 0 Å². The number of nitrogens with zero attached hydrogens (tertiary/aromatic N) is 2. The van der Waals surface area contributed by atoms with E-state index in [4.69, 9.17) is 0 Å². The fourth-order valence-corrected chi connectivity index (χ4v) is 2.95. The molecule has 0 unspecified atom stereocenters. The van der Waals surface area contributed by atoms with Crippen LogP contribution in [0.3, 0.4) is 0 Å². The molecule has 4 nitrogen and oxygen atoms in total. The maximum absolute atomic E-state index is 11.9. The lowest BCUT2D eigenvalue weighted by atomic mass is 10.1. The van der Waals surface area contributed by atoms with Crippen molar-refractivity contribution in [2.45, 2.75) is 38.8 Å². The molecule has 1 saturated heterocycles. The van der Waals surface area contributed by atoms with Gasteiger partial charge < -0.3 is 9.80 Å². The number of carbonyl (C=O) groups excluding carboxylic acids is 2. The normalized spacial score (nSPS) is 24.2. The Morgan fingerprint density at radius 2 is 1.28 bits per heavy atom. The molecule has 0 aromatic rings. The van der Waals surface area contributed by atoms with E-state index in [0.717, 1.165) is 0 Å². The van der Waals surface area contributed by atoms with E-state index in [1.54, 1.807) is 0 Å². The van der Waals surface area contributed by atoms with Crippen LogP contribution < -0.4 is 0 Å². The Morgan fingerprint density at radius 3 is 1.56 bits per heavy atom. The number of hydrogen-bond donors (Lipinski definition) is 0. The zero-order valence-corrected chi connectivity index (χ0v) is 14.0. The van der Waals surface area contributed by atoms with Crippen molar-refractivity contribution in [3.8, 4) is 0 Å². The molecule has 0 saturated carbocycles. The number of carbonyl (C=O) groups is 2. The van der Waals surface area contributed by atoms with Crippen molar-refractivity contribution in [3.63, 3.8) is 0 Å². The van der Waals surface area contributed by atoms with Crippen molar-refractivity contribution < 1.29 is 9.59 Å². The number of halogens is 2. The molecule has 1 aliphatic heterocycles. The van der Waals surface area contributed by atoms with E-state index in [9.17, 15) is 9.59 Å². The number of amides is 2. The Hall–Kier alpha value is -0.100. The first-order valence-corrected chi connectivity index (χ1v) is 8.46. The molecule has 104 valence electrons. The second kappa shape index (κ2) is 7.48. The molecular weight excluding hydrogens is 364 g/mol. The third kappa shape index (κ3) is 3.95. The van der Waals surface area contributed by atoms with Crippen LogP contribution in [0.1, 0.15) is 26.7 Å². The van der Waals surface area contributed by atoms with Gasteiger partial charge in [0, 0.05) is 48.7 Å². The Morgan fingerprint density at radius 1 is 0.944 bits per heavy atom. The van der Waals surface area contributed by atoms with Gasteiger partial charge in [-0.15, -0.1) is 0 Å². The lowest BCUT2D eigenvalue weighted by Gasteiger charge is -2.44. The topological polar surface area (TPSA) is 40.6 Å². The van der Waals surface area contributed by atoms with Gasteiger partial charge in [0.1, 0.15) is 0 Å². The standard InChI is InChI=1S/C12H20Br2N2O2/c1-9-7-16(12(18)4-6-14)10(2)8-15(9)11(17)3-5-13/h9-10H,3-8H2,1-2H3/t9-,10+. The monoisotopic (exact) mass is 382 g/mol. The zero-order valence-electron chi connectivity index (χ0n) is 10.9. The van der Waals surface area contributed by atoms with Crippen molar-refractivity contribution in [2.75, 3.05) is 23.7 Å². The van der Waals surface area contributed by atoms with Crippen molar-refractivity contribution in [1.29, 1.82) is 0 Å². The number of piperazine rings is 1. The van der Waals surface area contributed by atoms with E-state index in [-0.39, 0.29) is 23.9 Å². The number of rotatable bonds is 4. The van der Waals surface area contributed by atoms with E-state index in [1.807, 2.05) is 23.6 Å². The summed E-state index contributed by atoms with van der Waals surface area (Å²) in [6, 6.07) is 0.207. The summed E-state index contributed by atoms with van der Waals surface area (Å²) >= 11 is 6.58. The summed E-state index contributed by atoms with van der Waals surface area (Å²) in [6.07, 6.45) is 1.04. The summed E-state index contributed by atoms with van der Waals surface area (Å²) in [6.45, 7) is 5.29. The molecule has 1 heterocycles. The first kappa shape index (κ1) is 16.0. The Balaban J connectivity index is 2.64. The Labute approximate surface area is 125 Å². The molecule has 0 aromatic carbocycles. The average molecular weight is 384 g/mol. The van der Waals surface area contributed by atoms with Gasteiger partial charge in [0.15, 0.2) is 0 Å². The van der Waals surface area contributed by atoms with Gasteiger partial charge in [0.25, 0.3) is 0 Å². The molecule has 0 bridgehead atoms. The van der Waals surface area contributed by atoms with Crippen LogP contribution in [-0.2, 0) is 9.59 Å². The first-order chi connectivity index (χ1) is 8.51. The second-order valence-corrected chi connectivity index (χ2v) is 6.25. The minimum absolute atomic E-state index is 0.104. The fraction of sp³-hybridized carbons (Fsp3) is 0.833. The van der Waals surface area contributed by atoms with E-state index in [1.165, 1.54) is 0 Å². The van der Waals surface area contributed by atoms with Crippen molar-refractivity contribution in [2.24, 2.45) is 0 Å². The van der Waals surface area contributed by atoms with Crippen molar-refractivity contribution in [1.82, 2.24) is 9.80 Å². The van der Waals surface area contributed by atoms with Gasteiger partial charge in [-0.25, -0.2) is 0 Å². The minimum atomic E-state index is 0.104. The minimum Gasteiger partial charge on any atom is -0.336 e. The van der Waals surface area contributed by atoms with E-state index in [0.29, 0.717) is 36.6 Å². The third-order valence-electron chi connectivity index (χ3n) is 3.24. The molecule has 1 aliphatic rings. The molecule has 0 aliphatic carbocycles. The molecule has 6 heteroatoms. The highest BCUT2D eigenvalue weighted by atomic mass is 79.9. The maximum Gasteiger partial charge on any atom is 0.223 e. The van der Waals surface area contributed by atoms with Crippen LogP contribution in [0.5, 0.6) is 0 Å². The van der Waals surface area contributed by atoms with Gasteiger partial charge in [-0.05, 0) is 13.8 Å². The highest BCUT2D eigenvalue weighted by Gasteiger charge is 2.33. The molecule has 0 radical (unpaired) electrons. The number of hydrogen-bond acceptors (Lipinski definition) is 2. The van der Waals surface area contributed by atoms with Crippen LogP contribution in [-0.4, -0.2) is 57.4 Å². The van der Waals surface area contributed by atoms with Crippen LogP contribution in [0.2, 0.25) is 0 Å². The van der Waals surface area contributed by atoms with Crippen LogP contribution in [0.25, 0.3) is 0 Å². The van der Waals surface area contributed by atoms with Crippen molar-refractivity contribution in [3.05, 3.63) is 0 Å². The highest BCUT2D eigenvalue weighted by molar-refractivity contribution is 9.09. The highest BCUT2D eigenvalue weighted by Crippen LogP contribution is 2.17. The summed E-state index contributed by atoms with van der Waals surface area (Å²) in [5, 5.41) is 1.38. The van der Waals surface area contributed by atoms with E-state index < -0.39 is 0 Å². The van der Waals surface area contributed by atoms with E-state index in [2.05, 4.69) is 31.9 Å². The molecule has 0 N–H and O–H groups in total. The molecule has 2 atom stereocenters. The summed E-state index contributed by atoms with van der Waals surface area (Å²) in [7, 11) is 0. The SMILES string of the molecule is C[C@@H]1CN(C(=O)CCBr)[C@@H](C)CN1C(=O)CCBr. The molecule has 0 aromatic heterocycles. The molecule has 0 spiro atoms. The predicted molar refractivity (Wildman–Crippen MR) is 79.2 cm³/mol. The first-order valence-electron chi connectivity index (χ1n) is 6.22. The van der Waals surface area contributed by atoms with Crippen molar-refractivity contribution >= 4 is 43.7 Å². The van der Waals surface area contributed by atoms with Gasteiger partial charge in [-0.3, -0.25) is 9.59 Å². The summed E-state index contributed by atoms with van der Waals surface area (Å²) in [4.78, 5) is 27.7. The van der Waals surface area contributed by atoms with Gasteiger partial charge in [0.2, 0.25) is 11.8 Å². The van der Waals surface area contributed by atoms with Gasteiger partial charge in [0.05, 0.1) is 0 Å². The van der Waals surface area contributed by atoms with Crippen LogP contribution in [0.4, 0.5) is 0 Å². The summed E-state index contributed by atoms with van der Waals surface area (Å²) in [5.74, 6) is 0.331. The lowest BCUT2D eigenvalue weighted by Crippen LogP contribution is -2.59.